The summed E-state index contributed by atoms with van der Waals surface area (Å²) < 4.78 is 0. The van der Waals surface area contributed by atoms with Crippen molar-refractivity contribution >= 4 is 17.5 Å². The number of piperidine rings is 1. The summed E-state index contributed by atoms with van der Waals surface area (Å²) in [6.07, 6.45) is 6.61. The first-order valence-corrected chi connectivity index (χ1v) is 7.16. The van der Waals surface area contributed by atoms with Crippen LogP contribution in [0.15, 0.2) is 18.5 Å². The second-order valence-corrected chi connectivity index (χ2v) is 5.19. The third kappa shape index (κ3) is 3.09. The van der Waals surface area contributed by atoms with Crippen LogP contribution in [0.25, 0.3) is 11.4 Å². The Bertz CT molecular complexity index is 690. The van der Waals surface area contributed by atoms with E-state index in [1.807, 2.05) is 0 Å². The maximum atomic E-state index is 8.94. The van der Waals surface area contributed by atoms with E-state index in [4.69, 9.17) is 16.9 Å². The molecule has 7 heteroatoms. The van der Waals surface area contributed by atoms with E-state index in [1.165, 1.54) is 12.6 Å². The van der Waals surface area contributed by atoms with Crippen molar-refractivity contribution in [2.45, 2.75) is 19.3 Å². The van der Waals surface area contributed by atoms with E-state index in [0.29, 0.717) is 22.9 Å². The van der Waals surface area contributed by atoms with Crippen molar-refractivity contribution in [1.82, 2.24) is 19.9 Å². The Hall–Kier alpha value is -2.26. The molecule has 1 saturated heterocycles. The zero-order valence-corrected chi connectivity index (χ0v) is 12.1. The molecular formula is C14H13ClN6. The predicted octanol–water partition coefficient (Wildman–Crippen LogP) is 2.45. The van der Waals surface area contributed by atoms with Gasteiger partial charge < -0.3 is 4.90 Å². The summed E-state index contributed by atoms with van der Waals surface area (Å²) >= 11 is 6.02. The third-order valence-electron chi connectivity index (χ3n) is 3.36. The van der Waals surface area contributed by atoms with Gasteiger partial charge in [0.05, 0.1) is 5.56 Å². The van der Waals surface area contributed by atoms with Gasteiger partial charge in [0.25, 0.3) is 0 Å². The van der Waals surface area contributed by atoms with Crippen molar-refractivity contribution in [1.29, 1.82) is 5.26 Å². The first-order chi connectivity index (χ1) is 10.3. The quantitative estimate of drug-likeness (QED) is 0.847. The number of nitrogens with zero attached hydrogens (tertiary/aromatic N) is 6. The van der Waals surface area contributed by atoms with Crippen LogP contribution in [0.1, 0.15) is 24.8 Å². The number of aromatic nitrogens is 4. The van der Waals surface area contributed by atoms with Crippen LogP contribution in [0.2, 0.25) is 5.28 Å². The second kappa shape index (κ2) is 6.02. The van der Waals surface area contributed by atoms with Crippen molar-refractivity contribution in [2.75, 3.05) is 18.0 Å². The van der Waals surface area contributed by atoms with Gasteiger partial charge >= 0.3 is 0 Å². The van der Waals surface area contributed by atoms with Gasteiger partial charge in [0.1, 0.15) is 6.07 Å². The van der Waals surface area contributed by atoms with Crippen molar-refractivity contribution in [3.8, 4) is 17.5 Å². The molecule has 0 bridgehead atoms. The largest absolute Gasteiger partial charge is 0.341 e. The van der Waals surface area contributed by atoms with Crippen LogP contribution in [0.5, 0.6) is 0 Å². The molecule has 0 saturated carbocycles. The molecule has 2 aromatic heterocycles. The van der Waals surface area contributed by atoms with Gasteiger partial charge in [-0.1, -0.05) is 0 Å². The number of anilines is 1. The topological polar surface area (TPSA) is 78.6 Å². The lowest BCUT2D eigenvalue weighted by molar-refractivity contribution is 0.567. The highest BCUT2D eigenvalue weighted by Crippen LogP contribution is 2.22. The van der Waals surface area contributed by atoms with Crippen LogP contribution >= 0.6 is 11.6 Å². The van der Waals surface area contributed by atoms with E-state index in [9.17, 15) is 0 Å². The molecule has 0 atom stereocenters. The van der Waals surface area contributed by atoms with Crippen LogP contribution in [0.3, 0.4) is 0 Å². The number of halogens is 1. The predicted molar refractivity (Wildman–Crippen MR) is 78.8 cm³/mol. The fraction of sp³-hybridized carbons (Fsp3) is 0.357. The van der Waals surface area contributed by atoms with Gasteiger partial charge in [0, 0.05) is 31.0 Å². The minimum absolute atomic E-state index is 0.155. The van der Waals surface area contributed by atoms with Gasteiger partial charge in [-0.05, 0) is 36.9 Å². The van der Waals surface area contributed by atoms with E-state index in [-0.39, 0.29) is 5.28 Å². The van der Waals surface area contributed by atoms with Crippen molar-refractivity contribution in [2.24, 2.45) is 0 Å². The number of nitriles is 1. The first-order valence-electron chi connectivity index (χ1n) is 6.78. The maximum Gasteiger partial charge on any atom is 0.230 e. The zero-order chi connectivity index (χ0) is 14.7. The molecule has 21 heavy (non-hydrogen) atoms. The van der Waals surface area contributed by atoms with Gasteiger partial charge in [0.15, 0.2) is 5.82 Å². The van der Waals surface area contributed by atoms with E-state index >= 15 is 0 Å². The fourth-order valence-corrected chi connectivity index (χ4v) is 2.48. The lowest BCUT2D eigenvalue weighted by atomic mass is 10.1. The molecule has 1 aliphatic rings. The van der Waals surface area contributed by atoms with Gasteiger partial charge in [-0.25, -0.2) is 0 Å². The summed E-state index contributed by atoms with van der Waals surface area (Å²) in [5, 5.41) is 9.10. The molecular weight excluding hydrogens is 288 g/mol. The first kappa shape index (κ1) is 13.7. The molecule has 1 fully saturated rings. The average molecular weight is 301 g/mol. The monoisotopic (exact) mass is 300 g/mol. The molecule has 0 radical (unpaired) electrons. The van der Waals surface area contributed by atoms with Crippen LogP contribution in [-0.4, -0.2) is 33.0 Å². The van der Waals surface area contributed by atoms with E-state index in [0.717, 1.165) is 25.9 Å². The summed E-state index contributed by atoms with van der Waals surface area (Å²) in [5.41, 5.74) is 1.13. The Morgan fingerprint density at radius 3 is 2.67 bits per heavy atom. The molecule has 0 unspecified atom stereocenters. The molecule has 3 rings (SSSR count). The molecule has 106 valence electrons. The summed E-state index contributed by atoms with van der Waals surface area (Å²) in [6.45, 7) is 1.85. The number of pyridine rings is 1. The van der Waals surface area contributed by atoms with Crippen LogP contribution in [-0.2, 0) is 0 Å². The average Bonchev–Trinajstić information content (AvgIpc) is 2.55. The Labute approximate surface area is 127 Å². The van der Waals surface area contributed by atoms with Crippen molar-refractivity contribution in [3.05, 3.63) is 29.3 Å². The number of hydrogen-bond donors (Lipinski definition) is 0. The van der Waals surface area contributed by atoms with Gasteiger partial charge in [-0.15, -0.1) is 0 Å². The Morgan fingerprint density at radius 1 is 1.10 bits per heavy atom. The van der Waals surface area contributed by atoms with Gasteiger partial charge in [0.2, 0.25) is 11.2 Å². The van der Waals surface area contributed by atoms with Crippen LogP contribution in [0, 0.1) is 11.3 Å². The van der Waals surface area contributed by atoms with E-state index in [1.54, 1.807) is 12.3 Å². The second-order valence-electron chi connectivity index (χ2n) is 4.85. The van der Waals surface area contributed by atoms with Crippen LogP contribution in [0.4, 0.5) is 5.95 Å². The standard InChI is InChI=1S/C14H13ClN6/c15-13-18-12(11-6-10(7-16)8-17-9-11)19-14(20-13)21-4-2-1-3-5-21/h6,8-9H,1-5H2. The molecule has 0 aliphatic carbocycles. The maximum absolute atomic E-state index is 8.94. The molecule has 2 aromatic rings. The van der Waals surface area contributed by atoms with E-state index in [2.05, 4.69) is 30.9 Å². The number of hydrogen-bond acceptors (Lipinski definition) is 6. The van der Waals surface area contributed by atoms with Crippen LogP contribution < -0.4 is 4.90 Å². The third-order valence-corrected chi connectivity index (χ3v) is 3.53. The highest BCUT2D eigenvalue weighted by atomic mass is 35.5. The Morgan fingerprint density at radius 2 is 1.90 bits per heavy atom. The lowest BCUT2D eigenvalue weighted by Gasteiger charge is -2.26. The molecule has 6 nitrogen and oxygen atoms in total. The van der Waals surface area contributed by atoms with Gasteiger partial charge in [-0.2, -0.15) is 20.2 Å². The molecule has 0 aromatic carbocycles. The molecule has 3 heterocycles. The minimum Gasteiger partial charge on any atom is -0.341 e. The van der Waals surface area contributed by atoms with Crippen molar-refractivity contribution in [3.63, 3.8) is 0 Å². The van der Waals surface area contributed by atoms with Gasteiger partial charge in [-0.3, -0.25) is 4.98 Å². The lowest BCUT2D eigenvalue weighted by Crippen LogP contribution is -2.31. The normalized spacial score (nSPS) is 14.8. The Balaban J connectivity index is 1.98. The van der Waals surface area contributed by atoms with Crippen molar-refractivity contribution < 1.29 is 0 Å². The summed E-state index contributed by atoms with van der Waals surface area (Å²) in [6, 6.07) is 3.75. The Kier molecular flexibility index (Phi) is 3.93. The summed E-state index contributed by atoms with van der Waals surface area (Å²) in [4.78, 5) is 19.0. The highest BCUT2D eigenvalue weighted by Gasteiger charge is 2.16. The van der Waals surface area contributed by atoms with E-state index < -0.39 is 0 Å². The molecule has 1 aliphatic heterocycles. The fourth-order valence-electron chi connectivity index (χ4n) is 2.33. The molecule has 0 spiro atoms. The SMILES string of the molecule is N#Cc1cncc(-c2nc(Cl)nc(N3CCCCC3)n2)c1. The molecule has 0 amide bonds. The molecule has 0 N–H and O–H groups in total. The zero-order valence-electron chi connectivity index (χ0n) is 11.3. The minimum atomic E-state index is 0.155. The summed E-state index contributed by atoms with van der Waals surface area (Å²) in [7, 11) is 0. The summed E-state index contributed by atoms with van der Waals surface area (Å²) in [5.74, 6) is 1.03. The highest BCUT2D eigenvalue weighted by molar-refractivity contribution is 6.28. The smallest absolute Gasteiger partial charge is 0.230 e. The number of rotatable bonds is 2.